The first-order valence-corrected chi connectivity index (χ1v) is 7.54. The standard InChI is InChI=1S/C18H24O4/c1-5-6-7-16-8-10-17(11-9-16)12-13(2)18(21-14(3)19)22-15(4)20/h8-12,18H,5-7H2,1-4H3/b13-12+. The van der Waals surface area contributed by atoms with E-state index in [9.17, 15) is 9.59 Å². The normalized spacial score (nSPS) is 11.4. The molecule has 120 valence electrons. The van der Waals surface area contributed by atoms with Crippen molar-refractivity contribution < 1.29 is 19.1 Å². The Kier molecular flexibility index (Phi) is 7.37. The van der Waals surface area contributed by atoms with E-state index in [1.165, 1.54) is 32.3 Å². The molecule has 0 N–H and O–H groups in total. The second-order valence-electron chi connectivity index (χ2n) is 5.28. The summed E-state index contributed by atoms with van der Waals surface area (Å²) in [4.78, 5) is 22.2. The molecule has 0 amide bonds. The largest absolute Gasteiger partial charge is 0.421 e. The molecule has 0 fully saturated rings. The van der Waals surface area contributed by atoms with E-state index in [-0.39, 0.29) is 0 Å². The Labute approximate surface area is 132 Å². The second-order valence-corrected chi connectivity index (χ2v) is 5.28. The Morgan fingerprint density at radius 2 is 1.59 bits per heavy atom. The average molecular weight is 304 g/mol. The molecular formula is C18H24O4. The first-order valence-electron chi connectivity index (χ1n) is 7.54. The van der Waals surface area contributed by atoms with Gasteiger partial charge in [-0.1, -0.05) is 37.6 Å². The van der Waals surface area contributed by atoms with Crippen molar-refractivity contribution in [3.05, 3.63) is 41.0 Å². The average Bonchev–Trinajstić information content (AvgIpc) is 2.45. The van der Waals surface area contributed by atoms with Crippen LogP contribution in [-0.2, 0) is 25.5 Å². The maximum absolute atomic E-state index is 11.1. The Morgan fingerprint density at radius 3 is 2.05 bits per heavy atom. The fourth-order valence-corrected chi connectivity index (χ4v) is 2.00. The number of ether oxygens (including phenoxy) is 2. The summed E-state index contributed by atoms with van der Waals surface area (Å²) >= 11 is 0. The minimum absolute atomic E-state index is 0.492. The number of rotatable bonds is 7. The molecule has 0 heterocycles. The van der Waals surface area contributed by atoms with Gasteiger partial charge in [-0.25, -0.2) is 0 Å². The van der Waals surface area contributed by atoms with Gasteiger partial charge in [0.15, 0.2) is 0 Å². The molecule has 0 aliphatic heterocycles. The fourth-order valence-electron chi connectivity index (χ4n) is 2.00. The van der Waals surface area contributed by atoms with Gasteiger partial charge in [-0.15, -0.1) is 0 Å². The molecule has 1 rings (SSSR count). The monoisotopic (exact) mass is 304 g/mol. The zero-order chi connectivity index (χ0) is 16.5. The highest BCUT2D eigenvalue weighted by Crippen LogP contribution is 2.15. The van der Waals surface area contributed by atoms with Crippen LogP contribution in [0.5, 0.6) is 0 Å². The summed E-state index contributed by atoms with van der Waals surface area (Å²) in [6, 6.07) is 8.18. The summed E-state index contributed by atoms with van der Waals surface area (Å²) < 4.78 is 10.0. The van der Waals surface area contributed by atoms with E-state index >= 15 is 0 Å². The lowest BCUT2D eigenvalue weighted by atomic mass is 10.0. The summed E-state index contributed by atoms with van der Waals surface area (Å²) in [6.45, 7) is 6.50. The highest BCUT2D eigenvalue weighted by Gasteiger charge is 2.17. The molecule has 0 aromatic heterocycles. The number of hydrogen-bond acceptors (Lipinski definition) is 4. The Balaban J connectivity index is 2.82. The van der Waals surface area contributed by atoms with Crippen molar-refractivity contribution in [2.75, 3.05) is 0 Å². The molecule has 0 spiro atoms. The van der Waals surface area contributed by atoms with Crippen LogP contribution >= 0.6 is 0 Å². The molecule has 1 aromatic carbocycles. The lowest BCUT2D eigenvalue weighted by Crippen LogP contribution is -2.23. The number of unbranched alkanes of at least 4 members (excludes halogenated alkanes) is 1. The maximum atomic E-state index is 11.1. The predicted molar refractivity (Wildman–Crippen MR) is 86.0 cm³/mol. The van der Waals surface area contributed by atoms with Gasteiger partial charge in [0.25, 0.3) is 6.29 Å². The highest BCUT2D eigenvalue weighted by molar-refractivity contribution is 5.69. The molecule has 0 aliphatic rings. The number of esters is 2. The molecule has 1 aromatic rings. The second kappa shape index (κ2) is 9.03. The van der Waals surface area contributed by atoms with Gasteiger partial charge in [0.1, 0.15) is 0 Å². The molecule has 0 saturated carbocycles. The lowest BCUT2D eigenvalue weighted by molar-refractivity contribution is -0.177. The van der Waals surface area contributed by atoms with Gasteiger partial charge in [0.2, 0.25) is 0 Å². The van der Waals surface area contributed by atoms with E-state index in [0.29, 0.717) is 5.57 Å². The SMILES string of the molecule is CCCCc1ccc(/C=C(\C)C(OC(C)=O)OC(C)=O)cc1. The number of carbonyl (C=O) groups is 2. The smallest absolute Gasteiger partial charge is 0.305 e. The van der Waals surface area contributed by atoms with Crippen molar-refractivity contribution in [3.8, 4) is 0 Å². The molecule has 0 aliphatic carbocycles. The van der Waals surface area contributed by atoms with Crippen LogP contribution in [0, 0.1) is 0 Å². The quantitative estimate of drug-likeness (QED) is 0.566. The topological polar surface area (TPSA) is 52.6 Å². The van der Waals surface area contributed by atoms with Crippen molar-refractivity contribution in [2.24, 2.45) is 0 Å². The van der Waals surface area contributed by atoms with E-state index < -0.39 is 18.2 Å². The number of hydrogen-bond donors (Lipinski definition) is 0. The van der Waals surface area contributed by atoms with Crippen LogP contribution in [0.4, 0.5) is 0 Å². The van der Waals surface area contributed by atoms with Gasteiger partial charge >= 0.3 is 11.9 Å². The van der Waals surface area contributed by atoms with Crippen LogP contribution in [0.3, 0.4) is 0 Å². The minimum atomic E-state index is -0.977. The molecule has 0 radical (unpaired) electrons. The summed E-state index contributed by atoms with van der Waals surface area (Å²) in [5.41, 5.74) is 2.93. The molecule has 4 nitrogen and oxygen atoms in total. The van der Waals surface area contributed by atoms with Crippen molar-refractivity contribution in [3.63, 3.8) is 0 Å². The molecule has 0 bridgehead atoms. The lowest BCUT2D eigenvalue weighted by Gasteiger charge is -2.17. The summed E-state index contributed by atoms with van der Waals surface area (Å²) in [5, 5.41) is 0. The maximum Gasteiger partial charge on any atom is 0.305 e. The molecule has 0 saturated heterocycles. The van der Waals surface area contributed by atoms with Gasteiger partial charge in [-0.3, -0.25) is 9.59 Å². The minimum Gasteiger partial charge on any atom is -0.421 e. The van der Waals surface area contributed by atoms with Crippen molar-refractivity contribution in [2.45, 2.75) is 53.2 Å². The number of aryl methyl sites for hydroxylation is 1. The molecule has 4 heteroatoms. The Morgan fingerprint density at radius 1 is 1.05 bits per heavy atom. The van der Waals surface area contributed by atoms with Crippen LogP contribution in [0.2, 0.25) is 0 Å². The van der Waals surface area contributed by atoms with E-state index in [4.69, 9.17) is 9.47 Å². The van der Waals surface area contributed by atoms with Gasteiger partial charge < -0.3 is 9.47 Å². The summed E-state index contributed by atoms with van der Waals surface area (Å²) in [7, 11) is 0. The van der Waals surface area contributed by atoms with Crippen LogP contribution < -0.4 is 0 Å². The van der Waals surface area contributed by atoms with E-state index in [1.54, 1.807) is 6.92 Å². The third kappa shape index (κ3) is 6.57. The highest BCUT2D eigenvalue weighted by atomic mass is 16.7. The Bertz CT molecular complexity index is 513. The van der Waals surface area contributed by atoms with Crippen LogP contribution in [0.25, 0.3) is 6.08 Å². The third-order valence-corrected chi connectivity index (χ3v) is 3.11. The van der Waals surface area contributed by atoms with Crippen molar-refractivity contribution in [1.82, 2.24) is 0 Å². The first-order chi connectivity index (χ1) is 10.4. The zero-order valence-corrected chi connectivity index (χ0v) is 13.7. The van der Waals surface area contributed by atoms with Gasteiger partial charge in [0.05, 0.1) is 0 Å². The van der Waals surface area contributed by atoms with E-state index in [2.05, 4.69) is 19.1 Å². The molecular weight excluding hydrogens is 280 g/mol. The number of carbonyl (C=O) groups excluding carboxylic acids is 2. The molecule has 0 atom stereocenters. The fraction of sp³-hybridized carbons (Fsp3) is 0.444. The third-order valence-electron chi connectivity index (χ3n) is 3.11. The molecule has 0 unspecified atom stereocenters. The van der Waals surface area contributed by atoms with Crippen LogP contribution in [-0.4, -0.2) is 18.2 Å². The van der Waals surface area contributed by atoms with Crippen molar-refractivity contribution >= 4 is 18.0 Å². The van der Waals surface area contributed by atoms with E-state index in [0.717, 1.165) is 12.0 Å². The number of benzene rings is 1. The predicted octanol–water partition coefficient (Wildman–Crippen LogP) is 3.88. The zero-order valence-electron chi connectivity index (χ0n) is 13.7. The summed E-state index contributed by atoms with van der Waals surface area (Å²) in [5.74, 6) is -0.983. The van der Waals surface area contributed by atoms with Gasteiger partial charge in [-0.05, 0) is 37.0 Å². The van der Waals surface area contributed by atoms with Crippen LogP contribution in [0.15, 0.2) is 29.8 Å². The van der Waals surface area contributed by atoms with Gasteiger partial charge in [-0.2, -0.15) is 0 Å². The molecule has 22 heavy (non-hydrogen) atoms. The van der Waals surface area contributed by atoms with Crippen molar-refractivity contribution in [1.29, 1.82) is 0 Å². The Hall–Kier alpha value is -2.10. The van der Waals surface area contributed by atoms with Gasteiger partial charge in [0, 0.05) is 19.4 Å². The van der Waals surface area contributed by atoms with E-state index in [1.807, 2.05) is 18.2 Å². The first kappa shape index (κ1) is 18.0. The van der Waals surface area contributed by atoms with Crippen LogP contribution in [0.1, 0.15) is 51.7 Å². The summed E-state index contributed by atoms with van der Waals surface area (Å²) in [6.07, 6.45) is 4.29.